The zero-order valence-corrected chi connectivity index (χ0v) is 23.6. The maximum atomic E-state index is 13.0. The number of benzene rings is 3. The maximum Gasteiger partial charge on any atom is 0.286 e. The molecule has 0 radical (unpaired) electrons. The Morgan fingerprint density at radius 3 is 2.67 bits per heavy atom. The van der Waals surface area contributed by atoms with Gasteiger partial charge in [-0.05, 0) is 73.4 Å². The summed E-state index contributed by atoms with van der Waals surface area (Å²) >= 11 is 1.47. The Balaban J connectivity index is 1.30. The standard InChI is InChI=1S/C33H32N4O2S/c1-23-13-15-25(16-14-23)22-39-29-12-6-9-26(18-29)31-27(21-37(35-31)28-10-4-3-5-11-28)19-30-32(38)34-33(40-30)36-17-7-8-24(2)20-36/h3-6,9-16,18-19,21,24H,7-8,17,20,22H2,1-2H3. The highest BCUT2D eigenvalue weighted by atomic mass is 32.2. The molecule has 1 unspecified atom stereocenters. The number of ether oxygens (including phenoxy) is 1. The Bertz CT molecular complexity index is 1570. The van der Waals surface area contributed by atoms with Crippen molar-refractivity contribution in [3.8, 4) is 22.7 Å². The van der Waals surface area contributed by atoms with E-state index in [9.17, 15) is 4.79 Å². The van der Waals surface area contributed by atoms with Crippen LogP contribution in [0.4, 0.5) is 0 Å². The molecule has 1 amide bonds. The van der Waals surface area contributed by atoms with Gasteiger partial charge in [-0.25, -0.2) is 4.68 Å². The highest BCUT2D eigenvalue weighted by Gasteiger charge is 2.29. The van der Waals surface area contributed by atoms with Crippen LogP contribution < -0.4 is 4.74 Å². The Labute approximate surface area is 239 Å². The van der Waals surface area contributed by atoms with E-state index < -0.39 is 0 Å². The molecular formula is C33H32N4O2S. The summed E-state index contributed by atoms with van der Waals surface area (Å²) in [5.74, 6) is 1.19. The molecule has 202 valence electrons. The number of aromatic nitrogens is 2. The third-order valence-electron chi connectivity index (χ3n) is 7.22. The van der Waals surface area contributed by atoms with Crippen molar-refractivity contribution in [2.45, 2.75) is 33.3 Å². The largest absolute Gasteiger partial charge is 0.489 e. The topological polar surface area (TPSA) is 59.7 Å². The predicted molar refractivity (Wildman–Crippen MR) is 162 cm³/mol. The van der Waals surface area contributed by atoms with Gasteiger partial charge >= 0.3 is 0 Å². The lowest BCUT2D eigenvalue weighted by atomic mass is 10.0. The van der Waals surface area contributed by atoms with Crippen molar-refractivity contribution in [1.82, 2.24) is 14.7 Å². The number of rotatable bonds is 6. The summed E-state index contributed by atoms with van der Waals surface area (Å²) in [5.41, 5.74) is 5.85. The van der Waals surface area contributed by atoms with Crippen LogP contribution in [-0.2, 0) is 11.4 Å². The highest BCUT2D eigenvalue weighted by molar-refractivity contribution is 8.18. The van der Waals surface area contributed by atoms with Crippen molar-refractivity contribution in [2.24, 2.45) is 10.9 Å². The van der Waals surface area contributed by atoms with Gasteiger partial charge in [0.15, 0.2) is 5.17 Å². The molecule has 4 aromatic rings. The first-order chi connectivity index (χ1) is 19.5. The lowest BCUT2D eigenvalue weighted by Crippen LogP contribution is -2.37. The van der Waals surface area contributed by atoms with E-state index in [1.54, 1.807) is 0 Å². The van der Waals surface area contributed by atoms with Crippen molar-refractivity contribution in [3.05, 3.63) is 107 Å². The van der Waals surface area contributed by atoms with Crippen LogP contribution in [-0.4, -0.2) is 38.8 Å². The monoisotopic (exact) mass is 548 g/mol. The predicted octanol–water partition coefficient (Wildman–Crippen LogP) is 7.13. The molecule has 1 aromatic heterocycles. The van der Waals surface area contributed by atoms with Crippen LogP contribution in [0.1, 0.15) is 36.5 Å². The van der Waals surface area contributed by atoms with Crippen LogP contribution in [0.5, 0.6) is 5.75 Å². The van der Waals surface area contributed by atoms with Gasteiger partial charge in [-0.3, -0.25) is 4.79 Å². The number of aliphatic imine (C=N–C) groups is 1. The van der Waals surface area contributed by atoms with Crippen LogP contribution in [0.25, 0.3) is 23.0 Å². The number of hydrogen-bond donors (Lipinski definition) is 0. The first kappa shape index (κ1) is 26.1. The second kappa shape index (κ2) is 11.6. The summed E-state index contributed by atoms with van der Waals surface area (Å²) in [4.78, 5) is 20.3. The van der Waals surface area contributed by atoms with E-state index in [0.717, 1.165) is 58.5 Å². The maximum absolute atomic E-state index is 13.0. The van der Waals surface area contributed by atoms with E-state index in [1.165, 1.54) is 23.7 Å². The molecule has 7 heteroatoms. The van der Waals surface area contributed by atoms with Crippen LogP contribution in [0.2, 0.25) is 0 Å². The number of nitrogens with zero attached hydrogens (tertiary/aromatic N) is 4. The minimum atomic E-state index is -0.188. The third-order valence-corrected chi connectivity index (χ3v) is 8.26. The first-order valence-electron chi connectivity index (χ1n) is 13.7. The van der Waals surface area contributed by atoms with Crippen molar-refractivity contribution in [2.75, 3.05) is 13.1 Å². The average molecular weight is 549 g/mol. The first-order valence-corrected chi connectivity index (χ1v) is 14.5. The van der Waals surface area contributed by atoms with Gasteiger partial charge in [-0.2, -0.15) is 10.1 Å². The number of para-hydroxylation sites is 1. The van der Waals surface area contributed by atoms with Gasteiger partial charge in [-0.15, -0.1) is 0 Å². The second-order valence-corrected chi connectivity index (χ2v) is 11.5. The van der Waals surface area contributed by atoms with Crippen LogP contribution >= 0.6 is 11.8 Å². The molecule has 1 fully saturated rings. The molecule has 1 atom stereocenters. The molecule has 0 spiro atoms. The smallest absolute Gasteiger partial charge is 0.286 e. The van der Waals surface area contributed by atoms with E-state index in [4.69, 9.17) is 9.84 Å². The lowest BCUT2D eigenvalue weighted by Gasteiger charge is -2.31. The molecular weight excluding hydrogens is 516 g/mol. The number of thioether (sulfide) groups is 1. The summed E-state index contributed by atoms with van der Waals surface area (Å²) in [5, 5.41) is 5.77. The molecule has 2 aliphatic heterocycles. The zero-order valence-electron chi connectivity index (χ0n) is 22.8. The van der Waals surface area contributed by atoms with Crippen LogP contribution in [0.15, 0.2) is 95.0 Å². The van der Waals surface area contributed by atoms with E-state index in [2.05, 4.69) is 48.0 Å². The van der Waals surface area contributed by atoms with Crippen LogP contribution in [0.3, 0.4) is 0 Å². The number of likely N-dealkylation sites (tertiary alicyclic amines) is 1. The summed E-state index contributed by atoms with van der Waals surface area (Å²) < 4.78 is 7.99. The summed E-state index contributed by atoms with van der Waals surface area (Å²) in [6.07, 6.45) is 6.26. The molecule has 6 rings (SSSR count). The zero-order chi connectivity index (χ0) is 27.5. The minimum Gasteiger partial charge on any atom is -0.489 e. The fraction of sp³-hybridized carbons (Fsp3) is 0.242. The molecule has 0 bridgehead atoms. The number of carbonyl (C=O) groups is 1. The van der Waals surface area contributed by atoms with Gasteiger partial charge in [0.05, 0.1) is 10.6 Å². The van der Waals surface area contributed by atoms with Gasteiger partial charge in [0.1, 0.15) is 18.1 Å². The number of aryl methyl sites for hydroxylation is 1. The molecule has 0 saturated carbocycles. The molecule has 1 saturated heterocycles. The Kier molecular flexibility index (Phi) is 7.55. The number of amidine groups is 1. The molecule has 2 aliphatic rings. The Hall–Kier alpha value is -4.10. The van der Waals surface area contributed by atoms with E-state index in [0.29, 0.717) is 17.4 Å². The fourth-order valence-electron chi connectivity index (χ4n) is 5.05. The van der Waals surface area contributed by atoms with Crippen molar-refractivity contribution < 1.29 is 9.53 Å². The molecule has 0 aliphatic carbocycles. The minimum absolute atomic E-state index is 0.188. The summed E-state index contributed by atoms with van der Waals surface area (Å²) in [6.45, 7) is 6.71. The Morgan fingerprint density at radius 2 is 1.88 bits per heavy atom. The van der Waals surface area contributed by atoms with Crippen molar-refractivity contribution >= 4 is 28.9 Å². The van der Waals surface area contributed by atoms with E-state index >= 15 is 0 Å². The number of carbonyl (C=O) groups excluding carboxylic acids is 1. The number of amides is 1. The molecule has 3 aromatic carbocycles. The van der Waals surface area contributed by atoms with Crippen molar-refractivity contribution in [1.29, 1.82) is 0 Å². The van der Waals surface area contributed by atoms with Gasteiger partial charge in [0.2, 0.25) is 0 Å². The normalized spacial score (nSPS) is 18.3. The molecule has 3 heterocycles. The number of hydrogen-bond acceptors (Lipinski definition) is 5. The molecule has 6 nitrogen and oxygen atoms in total. The average Bonchev–Trinajstić information content (AvgIpc) is 3.57. The van der Waals surface area contributed by atoms with E-state index in [1.807, 2.05) is 71.6 Å². The summed E-state index contributed by atoms with van der Waals surface area (Å²) in [6, 6.07) is 26.3. The second-order valence-electron chi connectivity index (χ2n) is 10.5. The van der Waals surface area contributed by atoms with Crippen LogP contribution in [0, 0.1) is 12.8 Å². The summed E-state index contributed by atoms with van der Waals surface area (Å²) in [7, 11) is 0. The highest BCUT2D eigenvalue weighted by Crippen LogP contribution is 2.35. The Morgan fingerprint density at radius 1 is 1.05 bits per heavy atom. The third kappa shape index (κ3) is 5.89. The van der Waals surface area contributed by atoms with Gasteiger partial charge in [-0.1, -0.05) is 67.1 Å². The molecule has 40 heavy (non-hydrogen) atoms. The van der Waals surface area contributed by atoms with Gasteiger partial charge in [0.25, 0.3) is 5.91 Å². The van der Waals surface area contributed by atoms with Gasteiger partial charge < -0.3 is 9.64 Å². The molecule has 0 N–H and O–H groups in total. The SMILES string of the molecule is Cc1ccc(COc2cccc(-c3nn(-c4ccccc4)cc3C=C3SC(N4CCCC(C)C4)=NC3=O)c2)cc1. The fourth-order valence-corrected chi connectivity index (χ4v) is 5.99. The van der Waals surface area contributed by atoms with E-state index in [-0.39, 0.29) is 5.91 Å². The quantitative estimate of drug-likeness (QED) is 0.240. The van der Waals surface area contributed by atoms with Crippen molar-refractivity contribution in [3.63, 3.8) is 0 Å². The lowest BCUT2D eigenvalue weighted by molar-refractivity contribution is -0.113. The van der Waals surface area contributed by atoms with Gasteiger partial charge in [0, 0.05) is 30.4 Å². The number of piperidine rings is 1.